The first-order valence-electron chi connectivity index (χ1n) is 15.4. The highest BCUT2D eigenvalue weighted by atomic mass is 35.5. The van der Waals surface area contributed by atoms with Crippen LogP contribution in [-0.4, -0.2) is 83.0 Å². The Bertz CT molecular complexity index is 1250. The normalized spacial score (nSPS) is 23.0. The summed E-state index contributed by atoms with van der Waals surface area (Å²) < 4.78 is 27.7. The number of carbonyl (C=O) groups excluding carboxylic acids is 1. The Morgan fingerprint density at radius 2 is 1.79 bits per heavy atom. The van der Waals surface area contributed by atoms with Gasteiger partial charge in [-0.05, 0) is 73.4 Å². The molecule has 1 saturated carbocycles. The number of likely N-dealkylation sites (tertiary alicyclic amines) is 2. The molecule has 3 aliphatic rings. The summed E-state index contributed by atoms with van der Waals surface area (Å²) in [6.07, 6.45) is 5.92. The number of amides is 1. The third-order valence-corrected chi connectivity index (χ3v) is 10.1. The first-order valence-corrected chi connectivity index (χ1v) is 15.8. The largest absolute Gasteiger partial charge is 0.480 e. The molecular weight excluding hydrogens is 560 g/mol. The van der Waals surface area contributed by atoms with E-state index in [1.54, 1.807) is 18.2 Å². The lowest BCUT2D eigenvalue weighted by Gasteiger charge is -2.39. The Kier molecular flexibility index (Phi) is 10.2. The molecule has 2 heterocycles. The van der Waals surface area contributed by atoms with Gasteiger partial charge in [-0.1, -0.05) is 49.1 Å². The maximum atomic E-state index is 14.2. The maximum Gasteiger partial charge on any atom is 0.320 e. The van der Waals surface area contributed by atoms with Crippen LogP contribution in [0.4, 0.5) is 8.78 Å². The van der Waals surface area contributed by atoms with Crippen molar-refractivity contribution in [3.63, 3.8) is 0 Å². The van der Waals surface area contributed by atoms with Crippen molar-refractivity contribution in [3.05, 3.63) is 70.2 Å². The number of benzene rings is 2. The molecule has 0 unspecified atom stereocenters. The number of nitrogens with zero attached hydrogens (tertiary/aromatic N) is 3. The van der Waals surface area contributed by atoms with E-state index in [4.69, 9.17) is 11.6 Å². The lowest BCUT2D eigenvalue weighted by Crippen LogP contribution is -2.49. The van der Waals surface area contributed by atoms with Gasteiger partial charge < -0.3 is 14.9 Å². The van der Waals surface area contributed by atoms with Crippen molar-refractivity contribution in [1.29, 1.82) is 0 Å². The highest BCUT2D eigenvalue weighted by Gasteiger charge is 2.42. The molecule has 2 aliphatic heterocycles. The third kappa shape index (κ3) is 7.32. The van der Waals surface area contributed by atoms with Crippen molar-refractivity contribution in [2.24, 2.45) is 11.8 Å². The summed E-state index contributed by atoms with van der Waals surface area (Å²) in [5.74, 6) is -0.702. The molecule has 2 aromatic carbocycles. The maximum absolute atomic E-state index is 14.2. The minimum absolute atomic E-state index is 0.00626. The fourth-order valence-corrected chi connectivity index (χ4v) is 7.46. The molecule has 9 heteroatoms. The topological polar surface area (TPSA) is 64.1 Å². The van der Waals surface area contributed by atoms with E-state index < -0.39 is 17.8 Å². The number of piperidine rings is 1. The van der Waals surface area contributed by atoms with E-state index >= 15 is 0 Å². The zero-order chi connectivity index (χ0) is 29.8. The number of carboxylic acids is 1. The molecule has 5 rings (SSSR count). The Morgan fingerprint density at radius 1 is 1.05 bits per heavy atom. The second-order valence-corrected chi connectivity index (χ2v) is 12.8. The third-order valence-electron chi connectivity index (χ3n) is 9.76. The summed E-state index contributed by atoms with van der Waals surface area (Å²) in [6, 6.07) is 10.5. The minimum atomic E-state index is -0.757. The van der Waals surface area contributed by atoms with Gasteiger partial charge in [-0.15, -0.1) is 0 Å². The Morgan fingerprint density at radius 3 is 2.40 bits per heavy atom. The van der Waals surface area contributed by atoms with Crippen LogP contribution in [0, 0.1) is 23.5 Å². The molecule has 42 heavy (non-hydrogen) atoms. The second-order valence-electron chi connectivity index (χ2n) is 12.4. The van der Waals surface area contributed by atoms with E-state index in [2.05, 4.69) is 9.80 Å². The molecule has 6 nitrogen and oxygen atoms in total. The quantitative estimate of drug-likeness (QED) is 0.351. The number of carbonyl (C=O) groups is 2. The number of likely N-dealkylation sites (N-methyl/N-ethyl adjacent to an activating group) is 1. The molecule has 3 atom stereocenters. The summed E-state index contributed by atoms with van der Waals surface area (Å²) in [5.41, 5.74) is 1.57. The van der Waals surface area contributed by atoms with Crippen LogP contribution >= 0.6 is 11.6 Å². The molecule has 1 amide bonds. The lowest BCUT2D eigenvalue weighted by molar-refractivity contribution is -0.144. The Labute approximate surface area is 252 Å². The van der Waals surface area contributed by atoms with Gasteiger partial charge in [0, 0.05) is 56.3 Å². The van der Waals surface area contributed by atoms with Gasteiger partial charge in [0.05, 0.1) is 6.42 Å². The van der Waals surface area contributed by atoms with Crippen molar-refractivity contribution >= 4 is 23.5 Å². The van der Waals surface area contributed by atoms with Crippen LogP contribution in [0.2, 0.25) is 5.02 Å². The van der Waals surface area contributed by atoms with Crippen LogP contribution in [0.1, 0.15) is 62.5 Å². The van der Waals surface area contributed by atoms with Gasteiger partial charge in [-0.2, -0.15) is 0 Å². The molecule has 0 aromatic heterocycles. The number of aliphatic carboxylic acids is 1. The smallest absolute Gasteiger partial charge is 0.320 e. The van der Waals surface area contributed by atoms with E-state index in [-0.39, 0.29) is 41.0 Å². The number of halogens is 3. The van der Waals surface area contributed by atoms with E-state index in [0.717, 1.165) is 50.9 Å². The predicted molar refractivity (Wildman–Crippen MR) is 160 cm³/mol. The zero-order valence-corrected chi connectivity index (χ0v) is 25.1. The second kappa shape index (κ2) is 13.8. The zero-order valence-electron chi connectivity index (χ0n) is 24.4. The van der Waals surface area contributed by atoms with Crippen LogP contribution in [0.15, 0.2) is 42.5 Å². The van der Waals surface area contributed by atoms with Crippen molar-refractivity contribution < 1.29 is 23.5 Å². The summed E-state index contributed by atoms with van der Waals surface area (Å²) in [7, 11) is 0. The van der Waals surface area contributed by atoms with Crippen LogP contribution in [-0.2, 0) is 16.0 Å². The van der Waals surface area contributed by atoms with Crippen LogP contribution in [0.25, 0.3) is 0 Å². The molecule has 2 saturated heterocycles. The van der Waals surface area contributed by atoms with Gasteiger partial charge >= 0.3 is 5.97 Å². The first kappa shape index (κ1) is 30.9. The van der Waals surface area contributed by atoms with E-state index in [0.29, 0.717) is 37.5 Å². The summed E-state index contributed by atoms with van der Waals surface area (Å²) in [6.45, 7) is 6.37. The van der Waals surface area contributed by atoms with Crippen LogP contribution in [0.5, 0.6) is 0 Å². The Balaban J connectivity index is 1.22. The van der Waals surface area contributed by atoms with Crippen molar-refractivity contribution in [2.45, 2.75) is 69.9 Å². The predicted octanol–water partition coefficient (Wildman–Crippen LogP) is 5.83. The first-order chi connectivity index (χ1) is 20.2. The number of hydrogen-bond donors (Lipinski definition) is 1. The fourth-order valence-electron chi connectivity index (χ4n) is 7.22. The lowest BCUT2D eigenvalue weighted by atomic mass is 9.80. The van der Waals surface area contributed by atoms with Gasteiger partial charge in [0.2, 0.25) is 5.91 Å². The average Bonchev–Trinajstić information content (AvgIpc) is 3.34. The molecule has 1 aliphatic carbocycles. The van der Waals surface area contributed by atoms with Crippen molar-refractivity contribution in [3.8, 4) is 0 Å². The molecule has 2 aromatic rings. The highest BCUT2D eigenvalue weighted by molar-refractivity contribution is 6.31. The van der Waals surface area contributed by atoms with Gasteiger partial charge in [0.1, 0.15) is 17.7 Å². The monoisotopic (exact) mass is 601 g/mol. The van der Waals surface area contributed by atoms with Crippen LogP contribution in [0.3, 0.4) is 0 Å². The van der Waals surface area contributed by atoms with Crippen molar-refractivity contribution in [2.75, 3.05) is 39.3 Å². The summed E-state index contributed by atoms with van der Waals surface area (Å²) in [4.78, 5) is 32.0. The highest BCUT2D eigenvalue weighted by Crippen LogP contribution is 2.38. The number of hydrogen-bond acceptors (Lipinski definition) is 4. The van der Waals surface area contributed by atoms with Crippen LogP contribution < -0.4 is 0 Å². The summed E-state index contributed by atoms with van der Waals surface area (Å²) >= 11 is 6.18. The molecule has 0 spiro atoms. The van der Waals surface area contributed by atoms with Gasteiger partial charge in [-0.25, -0.2) is 8.78 Å². The standard InChI is InChI=1S/C33H42ClF2N3O3/c1-2-39(32(40)17-24-9-10-27(36)18-30(24)34)28-11-13-37(14-12-28)19-25-20-38(31(33(41)42)15-22-5-3-6-22)21-29(25)23-7-4-8-26(35)16-23/h4,7-10,16,18,22,25,28-29,31H,2-3,5-6,11-15,17,19-21H2,1H3,(H,41,42)/t25-,29+,31+/m0/s1. The molecule has 3 fully saturated rings. The average molecular weight is 602 g/mol. The van der Waals surface area contributed by atoms with Gasteiger partial charge in [0.25, 0.3) is 0 Å². The van der Waals surface area contributed by atoms with Gasteiger partial charge in [0.15, 0.2) is 0 Å². The molecule has 1 N–H and O–H groups in total. The molecule has 0 radical (unpaired) electrons. The van der Waals surface area contributed by atoms with E-state index in [9.17, 15) is 23.5 Å². The summed E-state index contributed by atoms with van der Waals surface area (Å²) in [5, 5.41) is 10.4. The SMILES string of the molecule is CCN(C(=O)Cc1ccc(F)cc1Cl)C1CCN(C[C@H]2CN([C@H](CC3CCC3)C(=O)O)C[C@@H]2c2cccc(F)c2)CC1. The number of rotatable bonds is 11. The Hall–Kier alpha value is -2.55. The molecule has 0 bridgehead atoms. The van der Waals surface area contributed by atoms with Crippen molar-refractivity contribution in [1.82, 2.24) is 14.7 Å². The molecule has 228 valence electrons. The van der Waals surface area contributed by atoms with Gasteiger partial charge in [-0.3, -0.25) is 14.5 Å². The van der Waals surface area contributed by atoms with E-state index in [1.807, 2.05) is 17.9 Å². The fraction of sp³-hybridized carbons (Fsp3) is 0.576. The number of carboxylic acid groups (broad SMARTS) is 1. The van der Waals surface area contributed by atoms with E-state index in [1.165, 1.54) is 24.6 Å². The minimum Gasteiger partial charge on any atom is -0.480 e. The molecular formula is C33H42ClF2N3O3.